The maximum Gasteiger partial charge on any atom is 0.414 e. The van der Waals surface area contributed by atoms with Gasteiger partial charge in [0.25, 0.3) is 5.56 Å². The van der Waals surface area contributed by atoms with E-state index in [0.29, 0.717) is 5.69 Å². The zero-order valence-corrected chi connectivity index (χ0v) is 14.7. The Morgan fingerprint density at radius 2 is 2.15 bits per heavy atom. The van der Waals surface area contributed by atoms with E-state index in [1.54, 1.807) is 12.1 Å². The molecule has 0 bridgehead atoms. The first-order chi connectivity index (χ1) is 13.0. The van der Waals surface area contributed by atoms with E-state index in [0.717, 1.165) is 28.4 Å². The van der Waals surface area contributed by atoms with Crippen LogP contribution in [0.5, 0.6) is 0 Å². The molecular formula is C18H14ClFN4O3. The minimum Gasteiger partial charge on any atom is -0.465 e. The van der Waals surface area contributed by atoms with Gasteiger partial charge in [-0.1, -0.05) is 11.6 Å². The van der Waals surface area contributed by atoms with Gasteiger partial charge in [-0.05, 0) is 43.0 Å². The van der Waals surface area contributed by atoms with Gasteiger partial charge in [-0.2, -0.15) is 0 Å². The predicted octanol–water partition coefficient (Wildman–Crippen LogP) is 3.47. The SMILES string of the molecule is O=C(O)N(CC1CC1)c1nc2ccc(F)c(Cl)c2c(=O)n1-c1cccnc1. The van der Waals surface area contributed by atoms with Gasteiger partial charge in [0.2, 0.25) is 5.95 Å². The largest absolute Gasteiger partial charge is 0.465 e. The number of nitrogens with zero attached hydrogens (tertiary/aromatic N) is 4. The van der Waals surface area contributed by atoms with Gasteiger partial charge in [-0.25, -0.2) is 23.6 Å². The van der Waals surface area contributed by atoms with Crippen molar-refractivity contribution in [3.8, 4) is 5.69 Å². The summed E-state index contributed by atoms with van der Waals surface area (Å²) in [4.78, 5) is 34.4. The molecule has 0 spiro atoms. The first-order valence-electron chi connectivity index (χ1n) is 8.29. The summed E-state index contributed by atoms with van der Waals surface area (Å²) in [6.07, 6.45) is 3.55. The van der Waals surface area contributed by atoms with Crippen molar-refractivity contribution in [1.29, 1.82) is 0 Å². The van der Waals surface area contributed by atoms with Crippen molar-refractivity contribution in [2.24, 2.45) is 5.92 Å². The molecule has 4 rings (SSSR count). The Bertz CT molecular complexity index is 1100. The third-order valence-electron chi connectivity index (χ3n) is 4.42. The van der Waals surface area contributed by atoms with Crippen LogP contribution in [0, 0.1) is 11.7 Å². The molecule has 1 fully saturated rings. The Balaban J connectivity index is 2.05. The molecule has 138 valence electrons. The molecule has 1 amide bonds. The number of rotatable bonds is 4. The average Bonchev–Trinajstić information content (AvgIpc) is 3.47. The summed E-state index contributed by atoms with van der Waals surface area (Å²) in [6, 6.07) is 5.61. The monoisotopic (exact) mass is 388 g/mol. The standard InChI is InChI=1S/C18H14ClFN4O3/c19-15-12(20)5-6-13-14(15)16(25)24(11-2-1-7-21-8-11)17(22-13)23(18(26)27)9-10-3-4-10/h1-2,5-8,10H,3-4,9H2,(H,26,27). The lowest BCUT2D eigenvalue weighted by atomic mass is 10.2. The fourth-order valence-corrected chi connectivity index (χ4v) is 3.14. The summed E-state index contributed by atoms with van der Waals surface area (Å²) in [6.45, 7) is 0.225. The van der Waals surface area contributed by atoms with Gasteiger partial charge in [0, 0.05) is 12.7 Å². The lowest BCUT2D eigenvalue weighted by molar-refractivity contribution is 0.201. The Hall–Kier alpha value is -3.00. The summed E-state index contributed by atoms with van der Waals surface area (Å²) >= 11 is 6.01. The lowest BCUT2D eigenvalue weighted by Crippen LogP contribution is -2.37. The van der Waals surface area contributed by atoms with Crippen LogP contribution in [0.25, 0.3) is 16.6 Å². The number of anilines is 1. The van der Waals surface area contributed by atoms with Crippen LogP contribution >= 0.6 is 11.6 Å². The zero-order valence-electron chi connectivity index (χ0n) is 14.0. The maximum atomic E-state index is 13.9. The second-order valence-electron chi connectivity index (χ2n) is 6.36. The number of hydrogen-bond acceptors (Lipinski definition) is 4. The van der Waals surface area contributed by atoms with E-state index in [1.165, 1.54) is 18.5 Å². The van der Waals surface area contributed by atoms with Gasteiger partial charge >= 0.3 is 6.09 Å². The average molecular weight is 389 g/mol. The second-order valence-corrected chi connectivity index (χ2v) is 6.73. The molecule has 1 aliphatic carbocycles. The van der Waals surface area contributed by atoms with Gasteiger partial charge in [-0.15, -0.1) is 0 Å². The topological polar surface area (TPSA) is 88.3 Å². The zero-order chi connectivity index (χ0) is 19.1. The molecule has 1 saturated carbocycles. The van der Waals surface area contributed by atoms with Gasteiger partial charge in [-0.3, -0.25) is 9.78 Å². The molecule has 0 aliphatic heterocycles. The fourth-order valence-electron chi connectivity index (χ4n) is 2.90. The molecule has 7 nitrogen and oxygen atoms in total. The van der Waals surface area contributed by atoms with Crippen LogP contribution in [-0.4, -0.2) is 32.3 Å². The molecule has 2 heterocycles. The minimum atomic E-state index is -1.22. The summed E-state index contributed by atoms with van der Waals surface area (Å²) in [5.41, 5.74) is -0.215. The van der Waals surface area contributed by atoms with Crippen molar-refractivity contribution < 1.29 is 14.3 Å². The highest BCUT2D eigenvalue weighted by Crippen LogP contribution is 2.32. The van der Waals surface area contributed by atoms with Crippen LogP contribution in [0.4, 0.5) is 15.1 Å². The summed E-state index contributed by atoms with van der Waals surface area (Å²) in [7, 11) is 0. The number of carboxylic acid groups (broad SMARTS) is 1. The van der Waals surface area contributed by atoms with Crippen molar-refractivity contribution in [2.75, 3.05) is 11.4 Å². The summed E-state index contributed by atoms with van der Waals surface area (Å²) in [5.74, 6) is -0.586. The Morgan fingerprint density at radius 1 is 1.37 bits per heavy atom. The van der Waals surface area contributed by atoms with E-state index in [-0.39, 0.29) is 34.3 Å². The molecule has 0 atom stereocenters. The van der Waals surface area contributed by atoms with Crippen LogP contribution in [0.3, 0.4) is 0 Å². The van der Waals surface area contributed by atoms with Crippen molar-refractivity contribution in [2.45, 2.75) is 12.8 Å². The molecule has 0 saturated heterocycles. The number of hydrogen-bond donors (Lipinski definition) is 1. The quantitative estimate of drug-likeness (QED) is 0.739. The molecule has 1 aromatic carbocycles. The van der Waals surface area contributed by atoms with Crippen LogP contribution in [0.2, 0.25) is 5.02 Å². The first kappa shape index (κ1) is 17.4. The Morgan fingerprint density at radius 3 is 2.78 bits per heavy atom. The predicted molar refractivity (Wildman–Crippen MR) is 98.2 cm³/mol. The second kappa shape index (κ2) is 6.62. The number of aromatic nitrogens is 3. The van der Waals surface area contributed by atoms with Crippen molar-refractivity contribution in [3.63, 3.8) is 0 Å². The fraction of sp³-hybridized carbons (Fsp3) is 0.222. The van der Waals surface area contributed by atoms with Gasteiger partial charge < -0.3 is 5.11 Å². The van der Waals surface area contributed by atoms with Crippen molar-refractivity contribution in [1.82, 2.24) is 14.5 Å². The number of benzene rings is 1. The smallest absolute Gasteiger partial charge is 0.414 e. The molecule has 2 aromatic heterocycles. The summed E-state index contributed by atoms with van der Waals surface area (Å²) in [5, 5.41) is 9.25. The van der Waals surface area contributed by atoms with E-state index in [4.69, 9.17) is 11.6 Å². The van der Waals surface area contributed by atoms with E-state index in [9.17, 15) is 19.1 Å². The number of halogens is 2. The highest BCUT2D eigenvalue weighted by molar-refractivity contribution is 6.35. The highest BCUT2D eigenvalue weighted by Gasteiger charge is 2.31. The third-order valence-corrected chi connectivity index (χ3v) is 4.79. The van der Waals surface area contributed by atoms with E-state index in [2.05, 4.69) is 9.97 Å². The molecule has 27 heavy (non-hydrogen) atoms. The lowest BCUT2D eigenvalue weighted by Gasteiger charge is -2.22. The number of carbonyl (C=O) groups is 1. The minimum absolute atomic E-state index is 0.0671. The van der Waals surface area contributed by atoms with Gasteiger partial charge in [0.1, 0.15) is 5.82 Å². The highest BCUT2D eigenvalue weighted by atomic mass is 35.5. The van der Waals surface area contributed by atoms with Gasteiger partial charge in [0.05, 0.1) is 27.8 Å². The number of amides is 1. The number of fused-ring (bicyclic) bond motifs is 1. The van der Waals surface area contributed by atoms with Crippen molar-refractivity contribution in [3.05, 3.63) is 57.9 Å². The van der Waals surface area contributed by atoms with Crippen LogP contribution in [0.1, 0.15) is 12.8 Å². The molecule has 0 radical (unpaired) electrons. The number of pyridine rings is 1. The molecule has 0 unspecified atom stereocenters. The van der Waals surface area contributed by atoms with E-state index < -0.39 is 17.5 Å². The Labute approximate surface area is 157 Å². The molecule has 9 heteroatoms. The first-order valence-corrected chi connectivity index (χ1v) is 8.67. The van der Waals surface area contributed by atoms with Crippen molar-refractivity contribution >= 4 is 34.5 Å². The maximum absolute atomic E-state index is 13.9. The third kappa shape index (κ3) is 3.12. The van der Waals surface area contributed by atoms with E-state index >= 15 is 0 Å². The molecular weight excluding hydrogens is 375 g/mol. The van der Waals surface area contributed by atoms with Gasteiger partial charge in [0.15, 0.2) is 0 Å². The van der Waals surface area contributed by atoms with Crippen LogP contribution < -0.4 is 10.5 Å². The molecule has 1 aliphatic rings. The summed E-state index contributed by atoms with van der Waals surface area (Å²) < 4.78 is 15.0. The van der Waals surface area contributed by atoms with Crippen LogP contribution in [0.15, 0.2) is 41.5 Å². The normalized spacial score (nSPS) is 13.7. The van der Waals surface area contributed by atoms with Crippen LogP contribution in [-0.2, 0) is 0 Å². The molecule has 3 aromatic rings. The Kier molecular flexibility index (Phi) is 4.27. The molecule has 1 N–H and O–H groups in total. The van der Waals surface area contributed by atoms with E-state index in [1.807, 2.05) is 0 Å².